The zero-order chi connectivity index (χ0) is 20.2. The van der Waals surface area contributed by atoms with Crippen molar-refractivity contribution in [1.82, 2.24) is 14.7 Å². The van der Waals surface area contributed by atoms with Crippen LogP contribution in [0.15, 0.2) is 54.0 Å². The van der Waals surface area contributed by atoms with Crippen molar-refractivity contribution in [2.45, 2.75) is 32.3 Å². The van der Waals surface area contributed by atoms with Gasteiger partial charge in [0.2, 0.25) is 0 Å². The van der Waals surface area contributed by atoms with Gasteiger partial charge in [-0.15, -0.1) is 11.3 Å². The molecule has 0 saturated carbocycles. The van der Waals surface area contributed by atoms with Gasteiger partial charge in [0, 0.05) is 19.3 Å². The van der Waals surface area contributed by atoms with Crippen LogP contribution in [0, 0.1) is 0 Å². The first-order valence-electron chi connectivity index (χ1n) is 9.82. The van der Waals surface area contributed by atoms with Gasteiger partial charge in [-0.05, 0) is 49.8 Å². The molecule has 3 heterocycles. The zero-order valence-electron chi connectivity index (χ0n) is 16.3. The first-order chi connectivity index (χ1) is 14.1. The first-order valence-corrected chi connectivity index (χ1v) is 10.7. The fourth-order valence-electron chi connectivity index (χ4n) is 3.48. The van der Waals surface area contributed by atoms with Gasteiger partial charge in [-0.1, -0.05) is 24.3 Å². The number of benzene rings is 1. The highest BCUT2D eigenvalue weighted by Gasteiger charge is 2.28. The van der Waals surface area contributed by atoms with Crippen molar-refractivity contribution in [2.24, 2.45) is 0 Å². The Bertz CT molecular complexity index is 976. The molecule has 29 heavy (non-hydrogen) atoms. The summed E-state index contributed by atoms with van der Waals surface area (Å²) < 4.78 is 7.23. The summed E-state index contributed by atoms with van der Waals surface area (Å²) in [5.41, 5.74) is 1.77. The van der Waals surface area contributed by atoms with Gasteiger partial charge >= 0.3 is 5.97 Å². The molecule has 1 amide bonds. The van der Waals surface area contributed by atoms with Crippen LogP contribution in [0.25, 0.3) is 16.3 Å². The number of carbonyl (C=O) groups is 2. The van der Waals surface area contributed by atoms with E-state index in [4.69, 9.17) is 4.74 Å². The minimum atomic E-state index is -0.822. The Hall–Kier alpha value is -2.93. The molecule has 0 bridgehead atoms. The molecule has 1 aliphatic rings. The highest BCUT2D eigenvalue weighted by Crippen LogP contribution is 2.28. The number of esters is 1. The number of nitrogens with zero attached hydrogens (tertiary/aromatic N) is 3. The van der Waals surface area contributed by atoms with Crippen LogP contribution in [0.1, 0.15) is 36.5 Å². The van der Waals surface area contributed by atoms with Crippen molar-refractivity contribution in [3.63, 3.8) is 0 Å². The smallest absolute Gasteiger partial charge is 0.342 e. The summed E-state index contributed by atoms with van der Waals surface area (Å²) in [4.78, 5) is 28.3. The molecule has 0 aliphatic carbocycles. The number of thiophene rings is 1. The van der Waals surface area contributed by atoms with E-state index in [1.807, 2.05) is 47.8 Å². The Morgan fingerprint density at radius 2 is 1.83 bits per heavy atom. The van der Waals surface area contributed by atoms with E-state index in [1.54, 1.807) is 22.7 Å². The van der Waals surface area contributed by atoms with E-state index in [0.29, 0.717) is 11.3 Å². The highest BCUT2D eigenvalue weighted by molar-refractivity contribution is 7.13. The summed E-state index contributed by atoms with van der Waals surface area (Å²) in [5, 5.41) is 6.56. The molecule has 2 aromatic heterocycles. The molecular weight excluding hydrogens is 386 g/mol. The number of rotatable bonds is 5. The number of ether oxygens (including phenoxy) is 1. The lowest BCUT2D eigenvalue weighted by molar-refractivity contribution is -0.140. The van der Waals surface area contributed by atoms with E-state index in [0.717, 1.165) is 42.9 Å². The van der Waals surface area contributed by atoms with Crippen molar-refractivity contribution in [1.29, 1.82) is 0 Å². The third-order valence-corrected chi connectivity index (χ3v) is 5.89. The molecule has 1 aliphatic heterocycles. The molecule has 7 heteroatoms. The quantitative estimate of drug-likeness (QED) is 0.594. The van der Waals surface area contributed by atoms with Gasteiger partial charge in [0.05, 0.1) is 10.6 Å². The molecule has 1 saturated heterocycles. The molecule has 1 atom stereocenters. The lowest BCUT2D eigenvalue weighted by Gasteiger charge is -2.28. The van der Waals surface area contributed by atoms with Crippen LogP contribution in [0.2, 0.25) is 0 Å². The minimum absolute atomic E-state index is 0.133. The number of carbonyl (C=O) groups excluding carboxylic acids is 2. The van der Waals surface area contributed by atoms with Crippen LogP contribution in [-0.4, -0.2) is 45.8 Å². The largest absolute Gasteiger partial charge is 0.449 e. The Kier molecular flexibility index (Phi) is 5.76. The van der Waals surface area contributed by atoms with E-state index < -0.39 is 12.1 Å². The molecule has 3 aromatic rings. The second kappa shape index (κ2) is 8.61. The molecule has 1 aromatic carbocycles. The van der Waals surface area contributed by atoms with E-state index in [-0.39, 0.29) is 5.91 Å². The average molecular weight is 410 g/mol. The maximum absolute atomic E-state index is 13.0. The van der Waals surface area contributed by atoms with Crippen LogP contribution in [0.4, 0.5) is 0 Å². The minimum Gasteiger partial charge on any atom is -0.449 e. The monoisotopic (exact) mass is 409 g/mol. The molecular formula is C22H23N3O3S. The van der Waals surface area contributed by atoms with Crippen LogP contribution < -0.4 is 0 Å². The standard InChI is InChI=1S/C22H23N3O3S/c1-16(21(26)24-12-6-3-7-13-24)28-22(27)18-15-25(17-9-4-2-5-10-17)23-20(18)19-11-8-14-29-19/h2,4-5,8-11,14-16H,3,6-7,12-13H2,1H3/t16-/m1/s1. The fourth-order valence-corrected chi connectivity index (χ4v) is 4.20. The Labute approximate surface area is 173 Å². The predicted octanol–water partition coefficient (Wildman–Crippen LogP) is 4.16. The zero-order valence-corrected chi connectivity index (χ0v) is 17.1. The van der Waals surface area contributed by atoms with Gasteiger partial charge in [-0.3, -0.25) is 4.79 Å². The second-order valence-corrected chi connectivity index (χ2v) is 8.03. The lowest BCUT2D eigenvalue weighted by atomic mass is 10.1. The lowest BCUT2D eigenvalue weighted by Crippen LogP contribution is -2.42. The number of likely N-dealkylation sites (tertiary alicyclic amines) is 1. The van der Waals surface area contributed by atoms with E-state index >= 15 is 0 Å². The Morgan fingerprint density at radius 1 is 1.07 bits per heavy atom. The summed E-state index contributed by atoms with van der Waals surface area (Å²) in [6, 6.07) is 13.4. The topological polar surface area (TPSA) is 64.4 Å². The molecule has 4 rings (SSSR count). The van der Waals surface area contributed by atoms with Gasteiger partial charge in [0.25, 0.3) is 5.91 Å². The van der Waals surface area contributed by atoms with Crippen molar-refractivity contribution in [3.8, 4) is 16.3 Å². The normalized spacial score (nSPS) is 15.1. The van der Waals surface area contributed by atoms with Crippen molar-refractivity contribution in [2.75, 3.05) is 13.1 Å². The summed E-state index contributed by atoms with van der Waals surface area (Å²) in [6.45, 7) is 3.10. The molecule has 150 valence electrons. The van der Waals surface area contributed by atoms with Crippen LogP contribution in [0.5, 0.6) is 0 Å². The second-order valence-electron chi connectivity index (χ2n) is 7.08. The maximum Gasteiger partial charge on any atom is 0.342 e. The molecule has 0 unspecified atom stereocenters. The average Bonchev–Trinajstić information content (AvgIpc) is 3.44. The Balaban J connectivity index is 1.58. The third kappa shape index (κ3) is 4.24. The van der Waals surface area contributed by atoms with Gasteiger partial charge in [-0.25, -0.2) is 9.48 Å². The van der Waals surface area contributed by atoms with Gasteiger partial charge in [0.15, 0.2) is 6.10 Å². The maximum atomic E-state index is 13.0. The van der Waals surface area contributed by atoms with E-state index in [9.17, 15) is 9.59 Å². The molecule has 6 nitrogen and oxygen atoms in total. The van der Waals surface area contributed by atoms with Gasteiger partial charge in [0.1, 0.15) is 11.3 Å². The number of amides is 1. The number of hydrogen-bond acceptors (Lipinski definition) is 5. The number of piperidine rings is 1. The summed E-state index contributed by atoms with van der Waals surface area (Å²) in [7, 11) is 0. The molecule has 0 spiro atoms. The number of aromatic nitrogens is 2. The fraction of sp³-hybridized carbons (Fsp3) is 0.318. The van der Waals surface area contributed by atoms with Crippen LogP contribution >= 0.6 is 11.3 Å². The van der Waals surface area contributed by atoms with Crippen LogP contribution in [-0.2, 0) is 9.53 Å². The Morgan fingerprint density at radius 3 is 2.52 bits per heavy atom. The van der Waals surface area contributed by atoms with Crippen molar-refractivity contribution < 1.29 is 14.3 Å². The highest BCUT2D eigenvalue weighted by atomic mass is 32.1. The van der Waals surface area contributed by atoms with Crippen molar-refractivity contribution in [3.05, 3.63) is 59.6 Å². The van der Waals surface area contributed by atoms with Crippen molar-refractivity contribution >= 4 is 23.2 Å². The van der Waals surface area contributed by atoms with E-state index in [1.165, 1.54) is 11.3 Å². The number of para-hydroxylation sites is 1. The summed E-state index contributed by atoms with van der Waals surface area (Å²) >= 11 is 1.51. The van der Waals surface area contributed by atoms with Crippen LogP contribution in [0.3, 0.4) is 0 Å². The van der Waals surface area contributed by atoms with Gasteiger partial charge in [-0.2, -0.15) is 5.10 Å². The molecule has 0 radical (unpaired) electrons. The third-order valence-electron chi connectivity index (χ3n) is 5.01. The summed E-state index contributed by atoms with van der Waals surface area (Å²) in [5.74, 6) is -0.667. The summed E-state index contributed by atoms with van der Waals surface area (Å²) in [6.07, 6.45) is 3.99. The first kappa shape index (κ1) is 19.4. The molecule has 1 fully saturated rings. The predicted molar refractivity (Wildman–Crippen MR) is 112 cm³/mol. The molecule has 0 N–H and O–H groups in total. The number of hydrogen-bond donors (Lipinski definition) is 0. The van der Waals surface area contributed by atoms with E-state index in [2.05, 4.69) is 5.10 Å². The SMILES string of the molecule is C[C@@H](OC(=O)c1cn(-c2ccccc2)nc1-c1cccs1)C(=O)N1CCCCC1. The van der Waals surface area contributed by atoms with Gasteiger partial charge < -0.3 is 9.64 Å².